The van der Waals surface area contributed by atoms with Crippen LogP contribution in [0, 0.1) is 5.92 Å². The molecule has 0 bridgehead atoms. The van der Waals surface area contributed by atoms with Crippen molar-refractivity contribution in [3.8, 4) is 0 Å². The van der Waals surface area contributed by atoms with Crippen molar-refractivity contribution in [1.29, 1.82) is 0 Å². The Hall–Kier alpha value is -1.77. The zero-order chi connectivity index (χ0) is 14.1. The molecule has 2 aromatic rings. The van der Waals surface area contributed by atoms with Crippen LogP contribution < -0.4 is 10.6 Å². The molecule has 0 amide bonds. The maximum absolute atomic E-state index is 6.08. The standard InChI is InChI=1S/C17H23N3/c1-12-3-5-13(6-4-12)20(2)17-8-7-16(18)14-9-10-19-11-15(14)17/h7-13H,3-6,18H2,1-2H3. The molecule has 1 heterocycles. The van der Waals surface area contributed by atoms with Gasteiger partial charge in [-0.1, -0.05) is 6.92 Å². The largest absolute Gasteiger partial charge is 0.398 e. The van der Waals surface area contributed by atoms with Crippen LogP contribution in [0.1, 0.15) is 32.6 Å². The van der Waals surface area contributed by atoms with Gasteiger partial charge < -0.3 is 10.6 Å². The van der Waals surface area contributed by atoms with Gasteiger partial charge in [0.1, 0.15) is 0 Å². The molecule has 3 nitrogen and oxygen atoms in total. The highest BCUT2D eigenvalue weighted by atomic mass is 15.1. The van der Waals surface area contributed by atoms with E-state index >= 15 is 0 Å². The minimum absolute atomic E-state index is 0.637. The third-order valence-corrected chi connectivity index (χ3v) is 4.74. The fourth-order valence-electron chi connectivity index (χ4n) is 3.33. The van der Waals surface area contributed by atoms with Crippen molar-refractivity contribution in [3.63, 3.8) is 0 Å². The molecule has 0 aliphatic heterocycles. The van der Waals surface area contributed by atoms with Gasteiger partial charge >= 0.3 is 0 Å². The van der Waals surface area contributed by atoms with Gasteiger partial charge in [-0.05, 0) is 49.8 Å². The summed E-state index contributed by atoms with van der Waals surface area (Å²) in [6.45, 7) is 2.36. The van der Waals surface area contributed by atoms with E-state index < -0.39 is 0 Å². The predicted molar refractivity (Wildman–Crippen MR) is 86.0 cm³/mol. The number of nitrogen functional groups attached to an aromatic ring is 1. The minimum Gasteiger partial charge on any atom is -0.398 e. The summed E-state index contributed by atoms with van der Waals surface area (Å²) < 4.78 is 0. The van der Waals surface area contributed by atoms with E-state index in [0.29, 0.717) is 6.04 Å². The topological polar surface area (TPSA) is 42.1 Å². The molecule has 1 aromatic heterocycles. The molecule has 2 N–H and O–H groups in total. The molecule has 0 atom stereocenters. The predicted octanol–water partition coefficient (Wildman–Crippen LogP) is 3.83. The maximum atomic E-state index is 6.08. The fourth-order valence-corrected chi connectivity index (χ4v) is 3.33. The fraction of sp³-hybridized carbons (Fsp3) is 0.471. The number of rotatable bonds is 2. The SMILES string of the molecule is CC1CCC(N(C)c2ccc(N)c3ccncc23)CC1. The van der Waals surface area contributed by atoms with E-state index in [4.69, 9.17) is 5.73 Å². The average molecular weight is 269 g/mol. The van der Waals surface area contributed by atoms with E-state index in [0.717, 1.165) is 22.4 Å². The van der Waals surface area contributed by atoms with Crippen molar-refractivity contribution >= 4 is 22.1 Å². The molecule has 1 saturated carbocycles. The molecular weight excluding hydrogens is 246 g/mol. The van der Waals surface area contributed by atoms with Crippen LogP contribution in [0.15, 0.2) is 30.6 Å². The van der Waals surface area contributed by atoms with Crippen LogP contribution in [0.5, 0.6) is 0 Å². The Morgan fingerprint density at radius 1 is 1.10 bits per heavy atom. The first-order chi connectivity index (χ1) is 9.66. The number of pyridine rings is 1. The normalized spacial score (nSPS) is 22.9. The van der Waals surface area contributed by atoms with Gasteiger partial charge in [0.05, 0.1) is 0 Å². The molecule has 1 aliphatic rings. The third kappa shape index (κ3) is 2.33. The molecule has 1 fully saturated rings. The lowest BCUT2D eigenvalue weighted by Crippen LogP contribution is -2.34. The maximum Gasteiger partial charge on any atom is 0.0462 e. The molecule has 3 rings (SSSR count). The first-order valence-corrected chi connectivity index (χ1v) is 7.52. The van der Waals surface area contributed by atoms with Crippen molar-refractivity contribution in [2.75, 3.05) is 17.7 Å². The smallest absolute Gasteiger partial charge is 0.0462 e. The van der Waals surface area contributed by atoms with E-state index in [1.807, 2.05) is 24.5 Å². The van der Waals surface area contributed by atoms with E-state index in [-0.39, 0.29) is 0 Å². The number of hydrogen-bond acceptors (Lipinski definition) is 3. The Kier molecular flexibility index (Phi) is 3.51. The summed E-state index contributed by atoms with van der Waals surface area (Å²) in [5.74, 6) is 0.879. The molecule has 3 heteroatoms. The summed E-state index contributed by atoms with van der Waals surface area (Å²) in [6.07, 6.45) is 8.97. The van der Waals surface area contributed by atoms with Gasteiger partial charge in [0.2, 0.25) is 0 Å². The van der Waals surface area contributed by atoms with Crippen LogP contribution in [0.4, 0.5) is 11.4 Å². The highest BCUT2D eigenvalue weighted by Crippen LogP contribution is 2.34. The first kappa shape index (κ1) is 13.2. The second kappa shape index (κ2) is 5.31. The van der Waals surface area contributed by atoms with Crippen molar-refractivity contribution in [3.05, 3.63) is 30.6 Å². The lowest BCUT2D eigenvalue weighted by molar-refractivity contribution is 0.341. The van der Waals surface area contributed by atoms with Crippen molar-refractivity contribution in [1.82, 2.24) is 4.98 Å². The van der Waals surface area contributed by atoms with E-state index in [1.165, 1.54) is 31.4 Å². The van der Waals surface area contributed by atoms with E-state index in [1.54, 1.807) is 0 Å². The second-order valence-corrected chi connectivity index (χ2v) is 6.12. The summed E-state index contributed by atoms with van der Waals surface area (Å²) >= 11 is 0. The molecule has 1 aliphatic carbocycles. The Morgan fingerprint density at radius 3 is 2.60 bits per heavy atom. The second-order valence-electron chi connectivity index (χ2n) is 6.12. The van der Waals surface area contributed by atoms with Gasteiger partial charge in [-0.15, -0.1) is 0 Å². The summed E-state index contributed by atoms with van der Waals surface area (Å²) in [5.41, 5.74) is 8.16. The summed E-state index contributed by atoms with van der Waals surface area (Å²) in [7, 11) is 2.21. The molecule has 106 valence electrons. The van der Waals surface area contributed by atoms with Crippen molar-refractivity contribution in [2.24, 2.45) is 5.92 Å². The van der Waals surface area contributed by atoms with Gasteiger partial charge in [0.15, 0.2) is 0 Å². The van der Waals surface area contributed by atoms with Gasteiger partial charge in [0.25, 0.3) is 0 Å². The number of nitrogens with zero attached hydrogens (tertiary/aromatic N) is 2. The van der Waals surface area contributed by atoms with Gasteiger partial charge in [-0.25, -0.2) is 0 Å². The number of aromatic nitrogens is 1. The van der Waals surface area contributed by atoms with Crippen LogP contribution in [0.25, 0.3) is 10.8 Å². The molecular formula is C17H23N3. The monoisotopic (exact) mass is 269 g/mol. The molecule has 0 unspecified atom stereocenters. The average Bonchev–Trinajstić information content (AvgIpc) is 2.48. The number of anilines is 2. The Bertz CT molecular complexity index is 600. The summed E-state index contributed by atoms with van der Waals surface area (Å²) in [5, 5.41) is 2.27. The Labute approximate surface area is 120 Å². The third-order valence-electron chi connectivity index (χ3n) is 4.74. The highest BCUT2D eigenvalue weighted by molar-refractivity contribution is 6.00. The van der Waals surface area contributed by atoms with Gasteiger partial charge in [-0.2, -0.15) is 0 Å². The van der Waals surface area contributed by atoms with E-state index in [9.17, 15) is 0 Å². The quantitative estimate of drug-likeness (QED) is 0.842. The molecule has 0 saturated heterocycles. The Morgan fingerprint density at radius 2 is 1.85 bits per heavy atom. The van der Waals surface area contributed by atoms with Gasteiger partial charge in [-0.3, -0.25) is 4.98 Å². The van der Waals surface area contributed by atoms with Crippen LogP contribution >= 0.6 is 0 Å². The Balaban J connectivity index is 1.95. The zero-order valence-corrected chi connectivity index (χ0v) is 12.3. The van der Waals surface area contributed by atoms with E-state index in [2.05, 4.69) is 29.9 Å². The molecule has 0 spiro atoms. The lowest BCUT2D eigenvalue weighted by Gasteiger charge is -2.35. The number of nitrogens with two attached hydrogens (primary N) is 1. The number of fused-ring (bicyclic) bond motifs is 1. The van der Waals surface area contributed by atoms with Crippen molar-refractivity contribution < 1.29 is 0 Å². The number of benzene rings is 1. The molecule has 1 aromatic carbocycles. The van der Waals surface area contributed by atoms with Crippen molar-refractivity contribution in [2.45, 2.75) is 38.6 Å². The van der Waals surface area contributed by atoms with Crippen LogP contribution in [-0.2, 0) is 0 Å². The van der Waals surface area contributed by atoms with Crippen LogP contribution in [0.3, 0.4) is 0 Å². The van der Waals surface area contributed by atoms with Crippen LogP contribution in [0.2, 0.25) is 0 Å². The zero-order valence-electron chi connectivity index (χ0n) is 12.3. The van der Waals surface area contributed by atoms with Gasteiger partial charge in [0, 0.05) is 47.6 Å². The molecule has 20 heavy (non-hydrogen) atoms. The number of hydrogen-bond donors (Lipinski definition) is 1. The van der Waals surface area contributed by atoms with Crippen LogP contribution in [-0.4, -0.2) is 18.1 Å². The first-order valence-electron chi connectivity index (χ1n) is 7.52. The minimum atomic E-state index is 0.637. The lowest BCUT2D eigenvalue weighted by atomic mass is 9.86. The summed E-state index contributed by atoms with van der Waals surface area (Å²) in [4.78, 5) is 6.70. The highest BCUT2D eigenvalue weighted by Gasteiger charge is 2.23. The summed E-state index contributed by atoms with van der Waals surface area (Å²) in [6, 6.07) is 6.79. The molecule has 0 radical (unpaired) electrons.